The van der Waals surface area contributed by atoms with Crippen LogP contribution in [0.25, 0.3) is 28.4 Å². The van der Waals surface area contributed by atoms with Crippen LogP contribution in [0.3, 0.4) is 0 Å². The van der Waals surface area contributed by atoms with E-state index in [-0.39, 0.29) is 0 Å². The number of rotatable bonds is 6. The molecule has 31 heavy (non-hydrogen) atoms. The molecule has 5 aromatic rings. The van der Waals surface area contributed by atoms with Gasteiger partial charge in [0.05, 0.1) is 12.8 Å². The zero-order valence-electron chi connectivity index (χ0n) is 17.0. The van der Waals surface area contributed by atoms with Crippen molar-refractivity contribution in [3.05, 3.63) is 96.7 Å². The van der Waals surface area contributed by atoms with Gasteiger partial charge in [-0.3, -0.25) is 0 Å². The number of fused-ring (bicyclic) bond motifs is 1. The van der Waals surface area contributed by atoms with E-state index in [1.807, 2.05) is 84.9 Å². The first-order valence-electron chi connectivity index (χ1n) is 9.93. The van der Waals surface area contributed by atoms with E-state index in [4.69, 9.17) is 9.47 Å². The second-order valence-corrected chi connectivity index (χ2v) is 7.00. The van der Waals surface area contributed by atoms with Crippen LogP contribution in [0.2, 0.25) is 0 Å². The van der Waals surface area contributed by atoms with E-state index in [0.29, 0.717) is 18.2 Å². The lowest BCUT2D eigenvalue weighted by molar-refractivity contribution is 0.306. The highest BCUT2D eigenvalue weighted by Crippen LogP contribution is 2.25. The summed E-state index contributed by atoms with van der Waals surface area (Å²) < 4.78 is 12.9. The van der Waals surface area contributed by atoms with Crippen LogP contribution < -0.4 is 9.47 Å². The van der Waals surface area contributed by atoms with E-state index in [1.54, 1.807) is 17.8 Å². The topological polar surface area (TPSA) is 61.5 Å². The maximum atomic E-state index is 5.89. The molecule has 0 bridgehead atoms. The van der Waals surface area contributed by atoms with Crippen LogP contribution in [0.15, 0.2) is 91.1 Å². The number of hydrogen-bond donors (Lipinski definition) is 0. The molecule has 0 atom stereocenters. The van der Waals surface area contributed by atoms with E-state index in [2.05, 4.69) is 15.1 Å². The van der Waals surface area contributed by atoms with Gasteiger partial charge in [0.15, 0.2) is 5.82 Å². The summed E-state index contributed by atoms with van der Waals surface area (Å²) in [5, 5.41) is 4.68. The van der Waals surface area contributed by atoms with Crippen molar-refractivity contribution in [1.82, 2.24) is 19.6 Å². The molecule has 5 rings (SSSR count). The smallest absolute Gasteiger partial charge is 0.253 e. The third-order valence-electron chi connectivity index (χ3n) is 4.99. The minimum absolute atomic E-state index is 0.536. The van der Waals surface area contributed by atoms with Crippen molar-refractivity contribution >= 4 is 5.78 Å². The zero-order chi connectivity index (χ0) is 21.0. The molecule has 0 unspecified atom stereocenters. The molecule has 2 aromatic heterocycles. The highest BCUT2D eigenvalue weighted by molar-refractivity contribution is 5.64. The molecular formula is C25H20N4O2. The first-order chi connectivity index (χ1) is 15.3. The fraction of sp³-hybridized carbons (Fsp3) is 0.0800. The predicted molar refractivity (Wildman–Crippen MR) is 119 cm³/mol. The molecule has 2 heterocycles. The molecule has 0 saturated carbocycles. The molecule has 0 N–H and O–H groups in total. The van der Waals surface area contributed by atoms with Crippen LogP contribution >= 0.6 is 0 Å². The van der Waals surface area contributed by atoms with Crippen LogP contribution in [-0.4, -0.2) is 26.7 Å². The van der Waals surface area contributed by atoms with Crippen molar-refractivity contribution in [1.29, 1.82) is 0 Å². The molecule has 6 heteroatoms. The van der Waals surface area contributed by atoms with Gasteiger partial charge >= 0.3 is 0 Å². The van der Waals surface area contributed by atoms with Crippen LogP contribution in [0.4, 0.5) is 0 Å². The normalized spacial score (nSPS) is 10.9. The van der Waals surface area contributed by atoms with Gasteiger partial charge in [-0.2, -0.15) is 9.50 Å². The molecule has 0 aliphatic carbocycles. The van der Waals surface area contributed by atoms with E-state index in [0.717, 1.165) is 33.9 Å². The largest absolute Gasteiger partial charge is 0.497 e. The fourth-order valence-electron chi connectivity index (χ4n) is 3.34. The van der Waals surface area contributed by atoms with Gasteiger partial charge in [-0.1, -0.05) is 30.3 Å². The number of aromatic nitrogens is 4. The first kappa shape index (κ1) is 18.8. The maximum absolute atomic E-state index is 5.89. The summed E-state index contributed by atoms with van der Waals surface area (Å²) in [5.41, 5.74) is 3.95. The Balaban J connectivity index is 1.41. The van der Waals surface area contributed by atoms with Crippen molar-refractivity contribution < 1.29 is 9.47 Å². The van der Waals surface area contributed by atoms with Gasteiger partial charge in [0.25, 0.3) is 5.78 Å². The lowest BCUT2D eigenvalue weighted by Crippen LogP contribution is -1.97. The first-order valence-corrected chi connectivity index (χ1v) is 9.93. The molecule has 0 fully saturated rings. The Kier molecular flexibility index (Phi) is 5.02. The third kappa shape index (κ3) is 3.96. The van der Waals surface area contributed by atoms with E-state index >= 15 is 0 Å². The quantitative estimate of drug-likeness (QED) is 0.394. The average molecular weight is 408 g/mol. The van der Waals surface area contributed by atoms with Crippen molar-refractivity contribution in [2.24, 2.45) is 0 Å². The summed E-state index contributed by atoms with van der Waals surface area (Å²) in [6.07, 6.45) is 1.75. The summed E-state index contributed by atoms with van der Waals surface area (Å²) in [4.78, 5) is 8.95. The van der Waals surface area contributed by atoms with Crippen molar-refractivity contribution in [2.75, 3.05) is 7.11 Å². The lowest BCUT2D eigenvalue weighted by Gasteiger charge is -2.08. The van der Waals surface area contributed by atoms with Crippen molar-refractivity contribution in [3.63, 3.8) is 0 Å². The van der Waals surface area contributed by atoms with Gasteiger partial charge in [0.1, 0.15) is 18.1 Å². The van der Waals surface area contributed by atoms with E-state index in [9.17, 15) is 0 Å². The van der Waals surface area contributed by atoms with Gasteiger partial charge in [-0.25, -0.2) is 4.98 Å². The maximum Gasteiger partial charge on any atom is 0.253 e. The van der Waals surface area contributed by atoms with Gasteiger partial charge in [0.2, 0.25) is 0 Å². The van der Waals surface area contributed by atoms with E-state index in [1.165, 1.54) is 0 Å². The Morgan fingerprint density at radius 2 is 1.48 bits per heavy atom. The molecule has 0 aliphatic rings. The summed E-state index contributed by atoms with van der Waals surface area (Å²) in [6.45, 7) is 0.536. The van der Waals surface area contributed by atoms with E-state index < -0.39 is 0 Å². The number of benzene rings is 3. The second-order valence-electron chi connectivity index (χ2n) is 7.00. The minimum atomic E-state index is 0.536. The SMILES string of the molecule is COc1ccc(-c2nc3nccc(-c4ccc(OCc5ccccc5)cc4)n3n2)cc1. The average Bonchev–Trinajstić information content (AvgIpc) is 3.28. The van der Waals surface area contributed by atoms with Crippen molar-refractivity contribution in [3.8, 4) is 34.1 Å². The molecular weight excluding hydrogens is 388 g/mol. The number of nitrogens with zero attached hydrogens (tertiary/aromatic N) is 4. The number of methoxy groups -OCH3 is 1. The molecule has 0 spiro atoms. The molecule has 0 radical (unpaired) electrons. The Morgan fingerprint density at radius 3 is 2.23 bits per heavy atom. The monoisotopic (exact) mass is 408 g/mol. The fourth-order valence-corrected chi connectivity index (χ4v) is 3.34. The Hall–Kier alpha value is -4.19. The minimum Gasteiger partial charge on any atom is -0.497 e. The Bertz CT molecular complexity index is 1300. The summed E-state index contributed by atoms with van der Waals surface area (Å²) in [6, 6.07) is 27.7. The Labute approximate surface area is 179 Å². The zero-order valence-corrected chi connectivity index (χ0v) is 17.0. The summed E-state index contributed by atoms with van der Waals surface area (Å²) >= 11 is 0. The number of hydrogen-bond acceptors (Lipinski definition) is 5. The van der Waals surface area contributed by atoms with Gasteiger partial charge in [-0.05, 0) is 60.2 Å². The molecule has 0 saturated heterocycles. The number of ether oxygens (including phenoxy) is 2. The van der Waals surface area contributed by atoms with Crippen molar-refractivity contribution in [2.45, 2.75) is 6.61 Å². The Morgan fingerprint density at radius 1 is 0.774 bits per heavy atom. The second kappa shape index (κ2) is 8.28. The molecule has 3 aromatic carbocycles. The van der Waals surface area contributed by atoms with Crippen LogP contribution in [0, 0.1) is 0 Å². The third-order valence-corrected chi connectivity index (χ3v) is 4.99. The molecule has 6 nitrogen and oxygen atoms in total. The van der Waals surface area contributed by atoms with Gasteiger partial charge in [-0.15, -0.1) is 5.10 Å². The van der Waals surface area contributed by atoms with Gasteiger partial charge < -0.3 is 9.47 Å². The summed E-state index contributed by atoms with van der Waals surface area (Å²) in [7, 11) is 1.65. The van der Waals surface area contributed by atoms with Gasteiger partial charge in [0, 0.05) is 17.3 Å². The van der Waals surface area contributed by atoms with Crippen LogP contribution in [0.5, 0.6) is 11.5 Å². The highest BCUT2D eigenvalue weighted by atomic mass is 16.5. The molecule has 152 valence electrons. The highest BCUT2D eigenvalue weighted by Gasteiger charge is 2.12. The van der Waals surface area contributed by atoms with Crippen LogP contribution in [-0.2, 0) is 6.61 Å². The molecule has 0 aliphatic heterocycles. The predicted octanol–water partition coefficient (Wildman–Crippen LogP) is 5.05. The lowest BCUT2D eigenvalue weighted by atomic mass is 10.1. The summed E-state index contributed by atoms with van der Waals surface area (Å²) in [5.74, 6) is 2.77. The molecule has 0 amide bonds. The van der Waals surface area contributed by atoms with Crippen LogP contribution in [0.1, 0.15) is 5.56 Å². The standard InChI is InChI=1S/C25H20N4O2/c1-30-21-11-9-20(10-12-21)24-27-25-26-16-15-23(29(25)28-24)19-7-13-22(14-8-19)31-17-18-5-3-2-4-6-18/h2-16H,17H2,1H3.